The van der Waals surface area contributed by atoms with E-state index in [1.807, 2.05) is 23.6 Å². The highest BCUT2D eigenvalue weighted by molar-refractivity contribution is 5.88. The highest BCUT2D eigenvalue weighted by Gasteiger charge is 2.58. The van der Waals surface area contributed by atoms with E-state index < -0.39 is 17.6 Å². The van der Waals surface area contributed by atoms with Gasteiger partial charge in [-0.2, -0.15) is 0 Å². The van der Waals surface area contributed by atoms with Crippen molar-refractivity contribution in [2.24, 2.45) is 0 Å². The molecule has 2 N–H and O–H groups in total. The van der Waals surface area contributed by atoms with Gasteiger partial charge in [0.2, 0.25) is 11.8 Å². The fourth-order valence-corrected chi connectivity index (χ4v) is 5.80. The maximum absolute atomic E-state index is 13.3. The van der Waals surface area contributed by atoms with Crippen LogP contribution in [0, 0.1) is 0 Å². The smallest absolute Gasteiger partial charge is 0.335 e. The number of carbonyl (C=O) groups excluding carboxylic acids is 2. The topological polar surface area (TPSA) is 115 Å². The molecular weight excluding hydrogens is 448 g/mol. The Morgan fingerprint density at radius 1 is 0.743 bits per heavy atom. The molecular formula is C27H30N2O6. The monoisotopic (exact) mass is 478 g/mol. The van der Waals surface area contributed by atoms with Crippen LogP contribution < -0.4 is 0 Å². The van der Waals surface area contributed by atoms with Gasteiger partial charge < -0.3 is 20.0 Å². The van der Waals surface area contributed by atoms with Crippen LogP contribution in [0.15, 0.2) is 48.5 Å². The summed E-state index contributed by atoms with van der Waals surface area (Å²) in [7, 11) is 0. The summed E-state index contributed by atoms with van der Waals surface area (Å²) in [6.07, 6.45) is 2.97. The summed E-state index contributed by atoms with van der Waals surface area (Å²) >= 11 is 0. The van der Waals surface area contributed by atoms with Gasteiger partial charge in [-0.25, -0.2) is 9.59 Å². The summed E-state index contributed by atoms with van der Waals surface area (Å²) in [6.45, 7) is 3.97. The molecule has 1 spiro atoms. The maximum atomic E-state index is 13.3. The van der Waals surface area contributed by atoms with Gasteiger partial charge in [0.25, 0.3) is 0 Å². The molecule has 0 saturated carbocycles. The van der Waals surface area contributed by atoms with Crippen LogP contribution in [0.2, 0.25) is 0 Å². The van der Waals surface area contributed by atoms with Crippen LogP contribution in [0.5, 0.6) is 0 Å². The number of likely N-dealkylation sites (tertiary alicyclic amines) is 2. The lowest BCUT2D eigenvalue weighted by molar-refractivity contribution is -0.151. The fraction of sp³-hybridized carbons (Fsp3) is 0.407. The van der Waals surface area contributed by atoms with Crippen LogP contribution in [0.4, 0.5) is 0 Å². The van der Waals surface area contributed by atoms with Crippen molar-refractivity contribution < 1.29 is 29.4 Å². The van der Waals surface area contributed by atoms with Crippen LogP contribution in [0.1, 0.15) is 96.3 Å². The molecule has 8 nitrogen and oxygen atoms in total. The van der Waals surface area contributed by atoms with E-state index in [-0.39, 0.29) is 35.0 Å². The van der Waals surface area contributed by atoms with Crippen molar-refractivity contribution in [1.29, 1.82) is 0 Å². The molecule has 0 bridgehead atoms. The number of amides is 2. The quantitative estimate of drug-likeness (QED) is 0.572. The first-order chi connectivity index (χ1) is 16.7. The molecule has 35 heavy (non-hydrogen) atoms. The minimum absolute atomic E-state index is 0.0186. The molecule has 4 rings (SSSR count). The molecule has 2 aliphatic heterocycles. The highest BCUT2D eigenvalue weighted by Crippen LogP contribution is 2.51. The first-order valence-electron chi connectivity index (χ1n) is 12.0. The summed E-state index contributed by atoms with van der Waals surface area (Å²) in [5.41, 5.74) is 1.27. The molecule has 2 atom stereocenters. The van der Waals surface area contributed by atoms with E-state index in [0.29, 0.717) is 38.5 Å². The fourth-order valence-electron chi connectivity index (χ4n) is 5.80. The van der Waals surface area contributed by atoms with Crippen LogP contribution in [0.3, 0.4) is 0 Å². The Kier molecular flexibility index (Phi) is 6.65. The summed E-state index contributed by atoms with van der Waals surface area (Å²) in [6, 6.07) is 12.6. The Hall–Kier alpha value is -3.68. The van der Waals surface area contributed by atoms with Gasteiger partial charge in [0, 0.05) is 12.8 Å². The summed E-state index contributed by atoms with van der Waals surface area (Å²) in [4.78, 5) is 53.0. The largest absolute Gasteiger partial charge is 0.478 e. The Balaban J connectivity index is 1.75. The molecule has 2 aliphatic rings. The lowest BCUT2D eigenvalue weighted by atomic mass is 9.93. The third-order valence-electron chi connectivity index (χ3n) is 7.39. The van der Waals surface area contributed by atoms with Gasteiger partial charge in [0.15, 0.2) is 0 Å². The normalized spacial score (nSPS) is 21.5. The number of carboxylic acids is 2. The van der Waals surface area contributed by atoms with Gasteiger partial charge in [-0.15, -0.1) is 0 Å². The van der Waals surface area contributed by atoms with Gasteiger partial charge in [0.1, 0.15) is 5.66 Å². The molecule has 0 aliphatic carbocycles. The van der Waals surface area contributed by atoms with Crippen molar-refractivity contribution in [2.75, 3.05) is 0 Å². The number of aromatic carboxylic acids is 2. The van der Waals surface area contributed by atoms with Crippen LogP contribution in [-0.2, 0) is 9.59 Å². The molecule has 2 saturated heterocycles. The second-order valence-corrected chi connectivity index (χ2v) is 9.21. The number of hydrogen-bond donors (Lipinski definition) is 2. The standard InChI is InChI=1S/C27H30N2O6/c1-3-21(17-5-9-19(10-6-17)25(32)33)28-23(30)13-15-27(28)16-14-24(31)29(27)22(4-2)18-7-11-20(12-8-18)26(34)35/h5-12,21-22H,3-4,13-16H2,1-2H3,(H,32,33)(H,34,35). The van der Waals surface area contributed by atoms with Crippen LogP contribution >= 0.6 is 0 Å². The van der Waals surface area contributed by atoms with E-state index in [1.165, 1.54) is 0 Å². The summed E-state index contributed by atoms with van der Waals surface area (Å²) < 4.78 is 0. The number of hydrogen-bond acceptors (Lipinski definition) is 4. The summed E-state index contributed by atoms with van der Waals surface area (Å²) in [5.74, 6) is -2.05. The molecule has 0 radical (unpaired) electrons. The first-order valence-corrected chi connectivity index (χ1v) is 12.0. The van der Waals surface area contributed by atoms with Crippen molar-refractivity contribution >= 4 is 23.8 Å². The predicted molar refractivity (Wildman–Crippen MR) is 128 cm³/mol. The molecule has 2 unspecified atom stereocenters. The molecule has 184 valence electrons. The summed E-state index contributed by atoms with van der Waals surface area (Å²) in [5, 5.41) is 18.5. The first kappa shape index (κ1) is 24.4. The zero-order valence-electron chi connectivity index (χ0n) is 19.9. The molecule has 2 aromatic rings. The second-order valence-electron chi connectivity index (χ2n) is 9.21. The molecule has 2 amide bonds. The van der Waals surface area contributed by atoms with E-state index in [1.54, 1.807) is 48.5 Å². The number of rotatable bonds is 8. The third-order valence-corrected chi connectivity index (χ3v) is 7.39. The Bertz CT molecular complexity index is 1050. The zero-order valence-corrected chi connectivity index (χ0v) is 19.9. The SMILES string of the molecule is CCC(c1ccc(C(=O)O)cc1)N1C(=O)CCC12CCC(=O)N2C(CC)c1ccc(C(=O)O)cc1. The van der Waals surface area contributed by atoms with Crippen molar-refractivity contribution in [3.05, 3.63) is 70.8 Å². The molecule has 2 heterocycles. The lowest BCUT2D eigenvalue weighted by Crippen LogP contribution is -2.57. The molecule has 0 aromatic heterocycles. The molecule has 2 aromatic carbocycles. The Morgan fingerprint density at radius 3 is 1.37 bits per heavy atom. The van der Waals surface area contributed by atoms with Gasteiger partial charge in [-0.3, -0.25) is 9.59 Å². The maximum Gasteiger partial charge on any atom is 0.335 e. The molecule has 8 heteroatoms. The van der Waals surface area contributed by atoms with Crippen molar-refractivity contribution in [3.63, 3.8) is 0 Å². The van der Waals surface area contributed by atoms with E-state index in [4.69, 9.17) is 0 Å². The van der Waals surface area contributed by atoms with Gasteiger partial charge in [-0.05, 0) is 61.1 Å². The Labute approximate surface area is 204 Å². The minimum atomic E-state index is -1.01. The second kappa shape index (κ2) is 9.52. The number of carbonyl (C=O) groups is 4. The average Bonchev–Trinajstić information content (AvgIpc) is 3.35. The number of benzene rings is 2. The number of nitrogens with zero attached hydrogens (tertiary/aromatic N) is 2. The van der Waals surface area contributed by atoms with Crippen LogP contribution in [0.25, 0.3) is 0 Å². The van der Waals surface area contributed by atoms with Gasteiger partial charge in [0.05, 0.1) is 23.2 Å². The van der Waals surface area contributed by atoms with E-state index in [0.717, 1.165) is 11.1 Å². The highest BCUT2D eigenvalue weighted by atomic mass is 16.4. The zero-order chi connectivity index (χ0) is 25.3. The number of carboxylic acid groups (broad SMARTS) is 2. The van der Waals surface area contributed by atoms with Gasteiger partial charge in [-0.1, -0.05) is 38.1 Å². The van der Waals surface area contributed by atoms with E-state index in [2.05, 4.69) is 0 Å². The van der Waals surface area contributed by atoms with Crippen molar-refractivity contribution in [1.82, 2.24) is 9.80 Å². The van der Waals surface area contributed by atoms with Crippen molar-refractivity contribution in [2.45, 2.75) is 70.1 Å². The van der Waals surface area contributed by atoms with Crippen LogP contribution in [-0.4, -0.2) is 49.4 Å². The lowest BCUT2D eigenvalue weighted by Gasteiger charge is -2.49. The van der Waals surface area contributed by atoms with Crippen molar-refractivity contribution in [3.8, 4) is 0 Å². The minimum Gasteiger partial charge on any atom is -0.478 e. The predicted octanol–water partition coefficient (Wildman–Crippen LogP) is 4.63. The van der Waals surface area contributed by atoms with E-state index >= 15 is 0 Å². The third kappa shape index (κ3) is 4.17. The van der Waals surface area contributed by atoms with E-state index in [9.17, 15) is 29.4 Å². The Morgan fingerprint density at radius 2 is 1.09 bits per heavy atom. The average molecular weight is 479 g/mol. The van der Waals surface area contributed by atoms with Gasteiger partial charge >= 0.3 is 11.9 Å². The molecule has 2 fully saturated rings.